The lowest BCUT2D eigenvalue weighted by molar-refractivity contribution is -0.380. The Morgan fingerprint density at radius 3 is 2.56 bits per heavy atom. The molecule has 2 aliphatic rings. The van der Waals surface area contributed by atoms with Crippen LogP contribution in [0.25, 0.3) is 0 Å². The van der Waals surface area contributed by atoms with Gasteiger partial charge in [0.15, 0.2) is 5.78 Å². The number of hydrogen-bond acceptors (Lipinski definition) is 7. The summed E-state index contributed by atoms with van der Waals surface area (Å²) in [6.45, 7) is 0. The topological polar surface area (TPSA) is 113 Å². The number of halogens is 3. The summed E-state index contributed by atoms with van der Waals surface area (Å²) in [5.41, 5.74) is 5.37. The average molecular weight is 460 g/mol. The van der Waals surface area contributed by atoms with Gasteiger partial charge in [-0.25, -0.2) is 0 Å². The maximum absolute atomic E-state index is 13.7. The van der Waals surface area contributed by atoms with Gasteiger partial charge in [-0.1, -0.05) is 23.5 Å². The van der Waals surface area contributed by atoms with Crippen molar-refractivity contribution in [2.45, 2.75) is 31.4 Å². The van der Waals surface area contributed by atoms with E-state index >= 15 is 0 Å². The summed E-state index contributed by atoms with van der Waals surface area (Å²) >= 11 is 0.806. The highest BCUT2D eigenvalue weighted by Gasteiger charge is 2.43. The molecule has 0 amide bonds. The average Bonchev–Trinajstić information content (AvgIpc) is 3.23. The molecule has 0 saturated heterocycles. The van der Waals surface area contributed by atoms with E-state index in [1.54, 1.807) is 0 Å². The van der Waals surface area contributed by atoms with Crippen LogP contribution in [0.5, 0.6) is 0 Å². The second-order valence-corrected chi connectivity index (χ2v) is 8.36. The number of alkyl halides is 3. The molecule has 1 atom stereocenters. The van der Waals surface area contributed by atoms with Crippen LogP contribution in [0.3, 0.4) is 0 Å². The zero-order valence-corrected chi connectivity index (χ0v) is 17.2. The molecule has 0 radical (unpaired) electrons. The van der Waals surface area contributed by atoms with Gasteiger partial charge in [0.2, 0.25) is 0 Å². The van der Waals surface area contributed by atoms with Crippen LogP contribution >= 0.6 is 11.3 Å². The molecule has 1 aliphatic carbocycles. The van der Waals surface area contributed by atoms with E-state index in [1.165, 1.54) is 30.3 Å². The third-order valence-corrected chi connectivity index (χ3v) is 6.54. The summed E-state index contributed by atoms with van der Waals surface area (Å²) in [6.07, 6.45) is -3.84. The second kappa shape index (κ2) is 7.80. The molecule has 2 aromatic rings. The summed E-state index contributed by atoms with van der Waals surface area (Å²) in [6, 6.07) is 9.47. The molecule has 164 valence electrons. The van der Waals surface area contributed by atoms with Gasteiger partial charge >= 0.3 is 11.2 Å². The van der Waals surface area contributed by atoms with E-state index in [9.17, 15) is 33.3 Å². The van der Waals surface area contributed by atoms with Gasteiger partial charge in [0.25, 0.3) is 0 Å². The number of carbonyl (C=O) groups is 1. The minimum atomic E-state index is -4.69. The van der Waals surface area contributed by atoms with Crippen molar-refractivity contribution < 1.29 is 22.9 Å². The van der Waals surface area contributed by atoms with E-state index in [0.29, 0.717) is 11.3 Å². The fourth-order valence-corrected chi connectivity index (χ4v) is 5.09. The smallest absolute Gasteiger partial charge is 0.384 e. The highest BCUT2D eigenvalue weighted by Crippen LogP contribution is 2.50. The minimum absolute atomic E-state index is 0.118. The molecule has 1 aromatic heterocycles. The summed E-state index contributed by atoms with van der Waals surface area (Å²) in [5, 5.41) is 20.9. The van der Waals surface area contributed by atoms with Gasteiger partial charge in [-0.2, -0.15) is 18.4 Å². The van der Waals surface area contributed by atoms with E-state index in [4.69, 9.17) is 5.73 Å². The SMILES string of the molecule is N#CC1=C(N)N(c2ccccc2C(F)(F)F)C2=C(C(=O)CCC2)[C@H]1c1ccc([N+](=O)[O-])s1. The molecular weight excluding hydrogens is 445 g/mol. The van der Waals surface area contributed by atoms with E-state index in [0.717, 1.165) is 22.3 Å². The van der Waals surface area contributed by atoms with Crippen LogP contribution in [-0.4, -0.2) is 10.7 Å². The zero-order valence-electron chi connectivity index (χ0n) is 16.3. The van der Waals surface area contributed by atoms with Gasteiger partial charge < -0.3 is 5.73 Å². The number of thiophene rings is 1. The van der Waals surface area contributed by atoms with Crippen LogP contribution in [-0.2, 0) is 11.0 Å². The number of nitriles is 1. The summed E-state index contributed by atoms with van der Waals surface area (Å²) in [5.74, 6) is -1.50. The third-order valence-electron chi connectivity index (χ3n) is 5.44. The number of para-hydroxylation sites is 1. The van der Waals surface area contributed by atoms with Gasteiger partial charge in [0.05, 0.1) is 33.7 Å². The number of rotatable bonds is 3. The van der Waals surface area contributed by atoms with Gasteiger partial charge in [0.1, 0.15) is 5.82 Å². The molecule has 7 nitrogen and oxygen atoms in total. The molecular formula is C21H15F3N4O3S. The van der Waals surface area contributed by atoms with Gasteiger partial charge in [0, 0.05) is 28.6 Å². The Kier molecular flexibility index (Phi) is 5.26. The van der Waals surface area contributed by atoms with Crippen LogP contribution in [0.4, 0.5) is 23.9 Å². The van der Waals surface area contributed by atoms with Gasteiger partial charge in [-0.3, -0.25) is 19.8 Å². The van der Waals surface area contributed by atoms with Crippen molar-refractivity contribution in [1.82, 2.24) is 0 Å². The van der Waals surface area contributed by atoms with Crippen molar-refractivity contribution in [2.75, 3.05) is 4.90 Å². The molecule has 11 heteroatoms. The third kappa shape index (κ3) is 3.42. The molecule has 4 rings (SSSR count). The summed E-state index contributed by atoms with van der Waals surface area (Å²) in [7, 11) is 0. The molecule has 0 bridgehead atoms. The van der Waals surface area contributed by atoms with Crippen molar-refractivity contribution in [1.29, 1.82) is 5.26 Å². The van der Waals surface area contributed by atoms with Crippen LogP contribution in [0.15, 0.2) is 59.1 Å². The Morgan fingerprint density at radius 1 is 1.22 bits per heavy atom. The second-order valence-electron chi connectivity index (χ2n) is 7.26. The zero-order chi connectivity index (χ0) is 23.2. The van der Waals surface area contributed by atoms with E-state index in [-0.39, 0.29) is 52.0 Å². The predicted molar refractivity (Wildman–Crippen MR) is 110 cm³/mol. The number of hydrogen-bond donors (Lipinski definition) is 1. The van der Waals surface area contributed by atoms with Crippen molar-refractivity contribution in [3.63, 3.8) is 0 Å². The Hall–Kier alpha value is -3.65. The molecule has 0 fully saturated rings. The van der Waals surface area contributed by atoms with E-state index in [2.05, 4.69) is 0 Å². The molecule has 0 unspecified atom stereocenters. The Labute approximate surface area is 184 Å². The van der Waals surface area contributed by atoms with Crippen molar-refractivity contribution >= 4 is 27.8 Å². The lowest BCUT2D eigenvalue weighted by Crippen LogP contribution is -2.39. The molecule has 0 saturated carbocycles. The summed E-state index contributed by atoms with van der Waals surface area (Å²) in [4.78, 5) is 25.0. The maximum Gasteiger partial charge on any atom is 0.418 e. The normalized spacial score (nSPS) is 19.1. The largest absolute Gasteiger partial charge is 0.418 e. The Bertz CT molecular complexity index is 1240. The molecule has 32 heavy (non-hydrogen) atoms. The highest BCUT2D eigenvalue weighted by molar-refractivity contribution is 7.15. The predicted octanol–water partition coefficient (Wildman–Crippen LogP) is 4.98. The first-order chi connectivity index (χ1) is 15.1. The van der Waals surface area contributed by atoms with Crippen LogP contribution in [0.1, 0.15) is 35.6 Å². The number of anilines is 1. The lowest BCUT2D eigenvalue weighted by atomic mass is 9.78. The van der Waals surface area contributed by atoms with Gasteiger partial charge in [-0.15, -0.1) is 0 Å². The summed E-state index contributed by atoms with van der Waals surface area (Å²) < 4.78 is 41.2. The Morgan fingerprint density at radius 2 is 1.94 bits per heavy atom. The minimum Gasteiger partial charge on any atom is -0.384 e. The number of allylic oxidation sites excluding steroid dienone is 3. The van der Waals surface area contributed by atoms with Crippen molar-refractivity contribution in [2.24, 2.45) is 5.73 Å². The Balaban J connectivity index is 1.99. The number of carbonyl (C=O) groups excluding carboxylic acids is 1. The van der Waals surface area contributed by atoms with Crippen LogP contribution in [0, 0.1) is 21.4 Å². The molecule has 2 heterocycles. The lowest BCUT2D eigenvalue weighted by Gasteiger charge is -2.40. The number of benzene rings is 1. The number of ketones is 1. The first-order valence-corrected chi connectivity index (χ1v) is 10.3. The van der Waals surface area contributed by atoms with Gasteiger partial charge in [-0.05, 0) is 31.0 Å². The van der Waals surface area contributed by atoms with E-state index in [1.807, 2.05) is 6.07 Å². The number of nitrogens with two attached hydrogens (primary N) is 1. The van der Waals surface area contributed by atoms with E-state index < -0.39 is 22.6 Å². The standard InChI is InChI=1S/C21H15F3N4O3S/c22-21(23,24)12-4-1-2-5-13(12)27-14-6-3-7-15(29)19(14)18(11(10-25)20(27)26)16-8-9-17(32-16)28(30)31/h1-2,4-5,8-9,18H,3,6-7,26H2/t18-/m1/s1. The fraction of sp³-hybridized carbons (Fsp3) is 0.238. The fourth-order valence-electron chi connectivity index (χ4n) is 4.15. The quantitative estimate of drug-likeness (QED) is 0.511. The monoisotopic (exact) mass is 460 g/mol. The number of nitro groups is 1. The molecule has 2 N–H and O–H groups in total. The number of nitrogens with zero attached hydrogens (tertiary/aromatic N) is 3. The van der Waals surface area contributed by atoms with Crippen molar-refractivity contribution in [3.05, 3.63) is 79.6 Å². The number of Topliss-reactive ketones (excluding diaryl/α,β-unsaturated/α-hetero) is 1. The van der Waals surface area contributed by atoms with Crippen LogP contribution < -0.4 is 10.6 Å². The highest BCUT2D eigenvalue weighted by atomic mass is 32.1. The molecule has 0 spiro atoms. The maximum atomic E-state index is 13.7. The van der Waals surface area contributed by atoms with Crippen LogP contribution in [0.2, 0.25) is 0 Å². The first kappa shape index (κ1) is 21.6. The molecule has 1 aromatic carbocycles. The molecule has 1 aliphatic heterocycles. The van der Waals surface area contributed by atoms with Crippen molar-refractivity contribution in [3.8, 4) is 6.07 Å². The first-order valence-electron chi connectivity index (χ1n) is 9.51.